The van der Waals surface area contributed by atoms with E-state index in [9.17, 15) is 0 Å². The molecule has 0 N–H and O–H groups in total. The van der Waals surface area contributed by atoms with Gasteiger partial charge in [-0.2, -0.15) is 0 Å². The molecule has 65 heavy (non-hydrogen) atoms. The van der Waals surface area contributed by atoms with Crippen molar-refractivity contribution in [3.8, 4) is 56.4 Å². The molecule has 14 rings (SSSR count). The molecule has 1 spiro atoms. The van der Waals surface area contributed by atoms with Gasteiger partial charge in [0, 0.05) is 22.3 Å². The maximum absolute atomic E-state index is 5.46. The van der Waals surface area contributed by atoms with Crippen LogP contribution in [0, 0.1) is 0 Å². The minimum atomic E-state index is -0.527. The highest BCUT2D eigenvalue weighted by molar-refractivity contribution is 6.24. The molecule has 1 unspecified atom stereocenters. The van der Waals surface area contributed by atoms with Crippen molar-refractivity contribution < 1.29 is 0 Å². The summed E-state index contributed by atoms with van der Waals surface area (Å²) in [6.07, 6.45) is 5.68. The summed E-state index contributed by atoms with van der Waals surface area (Å²) in [5.74, 6) is 1.94. The van der Waals surface area contributed by atoms with Gasteiger partial charge in [-0.1, -0.05) is 206 Å². The first-order valence-corrected chi connectivity index (χ1v) is 22.6. The number of benzene rings is 10. The Hall–Kier alpha value is -8.27. The first-order valence-electron chi connectivity index (χ1n) is 22.6. The van der Waals surface area contributed by atoms with Gasteiger partial charge < -0.3 is 0 Å². The monoisotopic (exact) mass is 825 g/mol. The van der Waals surface area contributed by atoms with Gasteiger partial charge in [0.25, 0.3) is 0 Å². The molecular formula is C62H39N3. The first-order chi connectivity index (χ1) is 32.2. The Balaban J connectivity index is 1.16. The van der Waals surface area contributed by atoms with Gasteiger partial charge in [0.1, 0.15) is 0 Å². The van der Waals surface area contributed by atoms with E-state index in [0.29, 0.717) is 17.5 Å². The van der Waals surface area contributed by atoms with Gasteiger partial charge in [0.05, 0.1) is 5.41 Å². The zero-order valence-corrected chi connectivity index (χ0v) is 35.7. The van der Waals surface area contributed by atoms with Gasteiger partial charge in [0.2, 0.25) is 0 Å². The standard InChI is InChI=1S/C62H39N3/c1-37-41-32-16-23-38-24-17-33-45-44-27-10-12-29-47(44)56-49-31-14-15-35-51(49)62(37,58(56)53(38)45)52-36-18-34-50(54(41)52)55-46-28-11-8-25-42(46)43-26-9-13-30-48(43)57(55)61-64-59(39-19-4-2-5-20-39)63-60(65-61)40-21-6-3-7-22-40/h2-22,24-36H,23H2,1H3. The smallest absolute Gasteiger partial charge is 0.165 e. The molecule has 2 bridgehead atoms. The van der Waals surface area contributed by atoms with Gasteiger partial charge in [-0.15, -0.1) is 0 Å². The van der Waals surface area contributed by atoms with Crippen LogP contribution in [0.3, 0.4) is 0 Å². The van der Waals surface area contributed by atoms with E-state index in [4.69, 9.17) is 15.0 Å². The molecule has 11 aromatic rings. The van der Waals surface area contributed by atoms with Gasteiger partial charge in [-0.3, -0.25) is 0 Å². The van der Waals surface area contributed by atoms with Crippen molar-refractivity contribution in [2.45, 2.75) is 18.8 Å². The number of hydrogen-bond acceptors (Lipinski definition) is 3. The van der Waals surface area contributed by atoms with Crippen LogP contribution in [0.1, 0.15) is 34.7 Å². The van der Waals surface area contributed by atoms with Crippen LogP contribution in [-0.2, 0) is 11.8 Å². The van der Waals surface area contributed by atoms with Crippen molar-refractivity contribution in [3.63, 3.8) is 0 Å². The summed E-state index contributed by atoms with van der Waals surface area (Å²) in [6.45, 7) is 2.41. The molecule has 10 aromatic carbocycles. The lowest BCUT2D eigenvalue weighted by molar-refractivity contribution is 0.773. The van der Waals surface area contributed by atoms with Crippen LogP contribution in [0.2, 0.25) is 0 Å². The van der Waals surface area contributed by atoms with E-state index in [-0.39, 0.29) is 0 Å². The zero-order valence-electron chi connectivity index (χ0n) is 35.7. The Morgan fingerprint density at radius 3 is 1.55 bits per heavy atom. The molecule has 3 heteroatoms. The predicted octanol–water partition coefficient (Wildman–Crippen LogP) is 15.4. The minimum Gasteiger partial charge on any atom is -0.208 e. The normalized spacial score (nSPS) is 15.6. The molecule has 0 fully saturated rings. The third-order valence-corrected chi connectivity index (χ3v) is 14.6. The SMILES string of the molecule is CC1=C2C=CCc3cccc4c3c3c(c5ccccc54)-c4ccccc4C13c1cccc(-c3c(-c4nc(-c5ccccc5)nc(-c5ccccc5)n4)c4ccccc4c4ccccc34)c12. The molecule has 0 radical (unpaired) electrons. The molecule has 0 saturated heterocycles. The summed E-state index contributed by atoms with van der Waals surface area (Å²) in [7, 11) is 0. The number of aromatic nitrogens is 3. The highest BCUT2D eigenvalue weighted by atomic mass is 15.0. The number of nitrogens with zero attached hydrogens (tertiary/aromatic N) is 3. The number of fused-ring (bicyclic) bond motifs is 10. The molecule has 1 aromatic heterocycles. The largest absolute Gasteiger partial charge is 0.208 e. The Kier molecular flexibility index (Phi) is 7.59. The van der Waals surface area contributed by atoms with Gasteiger partial charge in [-0.05, 0) is 112 Å². The van der Waals surface area contributed by atoms with Gasteiger partial charge in [-0.25, -0.2) is 15.0 Å². The molecule has 1 heterocycles. The topological polar surface area (TPSA) is 38.7 Å². The average Bonchev–Trinajstić information content (AvgIpc) is 3.84. The lowest BCUT2D eigenvalue weighted by atomic mass is 9.68. The fourth-order valence-corrected chi connectivity index (χ4v) is 12.0. The van der Waals surface area contributed by atoms with E-state index in [1.165, 1.54) is 88.0 Å². The fourth-order valence-electron chi connectivity index (χ4n) is 12.0. The second-order valence-corrected chi connectivity index (χ2v) is 17.7. The van der Waals surface area contributed by atoms with Gasteiger partial charge in [0.15, 0.2) is 17.5 Å². The molecule has 0 amide bonds. The molecule has 3 nitrogen and oxygen atoms in total. The number of rotatable bonds is 4. The van der Waals surface area contributed by atoms with Crippen molar-refractivity contribution in [1.82, 2.24) is 15.0 Å². The Labute approximate surface area is 376 Å². The van der Waals surface area contributed by atoms with Crippen LogP contribution in [0.4, 0.5) is 0 Å². The molecule has 0 aliphatic heterocycles. The van der Waals surface area contributed by atoms with Crippen LogP contribution in [0.25, 0.3) is 105 Å². The molecule has 1 atom stereocenters. The molecule has 3 aliphatic carbocycles. The summed E-state index contributed by atoms with van der Waals surface area (Å²) < 4.78 is 0. The van der Waals surface area contributed by atoms with Crippen molar-refractivity contribution in [3.05, 3.63) is 240 Å². The van der Waals surface area contributed by atoms with Crippen molar-refractivity contribution in [1.29, 1.82) is 0 Å². The maximum Gasteiger partial charge on any atom is 0.165 e. The highest BCUT2D eigenvalue weighted by Gasteiger charge is 2.53. The summed E-state index contributed by atoms with van der Waals surface area (Å²) >= 11 is 0. The quantitative estimate of drug-likeness (QED) is 0.166. The van der Waals surface area contributed by atoms with Crippen molar-refractivity contribution >= 4 is 48.7 Å². The molecule has 3 aliphatic rings. The Morgan fingerprint density at radius 1 is 0.385 bits per heavy atom. The Bertz CT molecular complexity index is 3860. The van der Waals surface area contributed by atoms with Crippen LogP contribution >= 0.6 is 0 Å². The lowest BCUT2D eigenvalue weighted by Gasteiger charge is -2.33. The highest BCUT2D eigenvalue weighted by Crippen LogP contribution is 2.66. The van der Waals surface area contributed by atoms with Gasteiger partial charge >= 0.3 is 0 Å². The maximum atomic E-state index is 5.46. The van der Waals surface area contributed by atoms with Crippen molar-refractivity contribution in [2.75, 3.05) is 0 Å². The van der Waals surface area contributed by atoms with E-state index in [1.807, 2.05) is 36.4 Å². The summed E-state index contributed by atoms with van der Waals surface area (Å²) in [5.41, 5.74) is 16.7. The van der Waals surface area contributed by atoms with E-state index in [2.05, 4.69) is 177 Å². The molecule has 302 valence electrons. The lowest BCUT2D eigenvalue weighted by Crippen LogP contribution is -2.27. The summed E-state index contributed by atoms with van der Waals surface area (Å²) in [5, 5.41) is 9.95. The van der Waals surface area contributed by atoms with E-state index < -0.39 is 5.41 Å². The molecule has 0 saturated carbocycles. The first kappa shape index (κ1) is 36.2. The third-order valence-electron chi connectivity index (χ3n) is 14.6. The van der Waals surface area contributed by atoms with E-state index in [0.717, 1.165) is 39.4 Å². The van der Waals surface area contributed by atoms with Crippen LogP contribution in [0.5, 0.6) is 0 Å². The summed E-state index contributed by atoms with van der Waals surface area (Å²) in [6, 6.07) is 70.7. The van der Waals surface area contributed by atoms with Crippen LogP contribution in [-0.4, -0.2) is 15.0 Å². The number of allylic oxidation sites excluding steroid dienone is 4. The van der Waals surface area contributed by atoms with E-state index >= 15 is 0 Å². The predicted molar refractivity (Wildman–Crippen MR) is 269 cm³/mol. The average molecular weight is 826 g/mol. The fraction of sp³-hybridized carbons (Fsp3) is 0.0484. The van der Waals surface area contributed by atoms with E-state index in [1.54, 1.807) is 0 Å². The van der Waals surface area contributed by atoms with Crippen LogP contribution < -0.4 is 0 Å². The zero-order chi connectivity index (χ0) is 42.8. The van der Waals surface area contributed by atoms with Crippen molar-refractivity contribution in [2.24, 2.45) is 0 Å². The molecular weight excluding hydrogens is 787 g/mol. The third kappa shape index (κ3) is 4.87. The second kappa shape index (κ2) is 13.6. The Morgan fingerprint density at radius 2 is 0.877 bits per heavy atom. The minimum absolute atomic E-state index is 0.527. The summed E-state index contributed by atoms with van der Waals surface area (Å²) in [4.78, 5) is 16.1. The van der Waals surface area contributed by atoms with Crippen LogP contribution in [0.15, 0.2) is 212 Å². The number of hydrogen-bond donors (Lipinski definition) is 0. The second-order valence-electron chi connectivity index (χ2n) is 17.7.